The zero-order valence-electron chi connectivity index (χ0n) is 11.3. The molecular weight excluding hydrogens is 238 g/mol. The molecule has 19 heavy (non-hydrogen) atoms. The summed E-state index contributed by atoms with van der Waals surface area (Å²) in [6, 6.07) is 8.46. The standard InChI is InChI=1S/C16H23NO2/c17-11-16(15(18)13-6-9-19-10-7-13)8-5-12-3-1-2-4-14(12)16/h1-4,13,15,18H,5-11,17H2. The molecular formula is C16H23NO2. The number of aliphatic hydroxyl groups is 1. The van der Waals surface area contributed by atoms with E-state index in [0.29, 0.717) is 12.5 Å². The van der Waals surface area contributed by atoms with Crippen LogP contribution in [-0.4, -0.2) is 31.0 Å². The zero-order valence-corrected chi connectivity index (χ0v) is 11.3. The van der Waals surface area contributed by atoms with E-state index in [1.54, 1.807) is 0 Å². The Hall–Kier alpha value is -0.900. The number of benzene rings is 1. The van der Waals surface area contributed by atoms with E-state index in [-0.39, 0.29) is 11.5 Å². The van der Waals surface area contributed by atoms with Gasteiger partial charge < -0.3 is 15.6 Å². The first-order chi connectivity index (χ1) is 9.28. The monoisotopic (exact) mass is 261 g/mol. The smallest absolute Gasteiger partial charge is 0.0678 e. The minimum Gasteiger partial charge on any atom is -0.392 e. The summed E-state index contributed by atoms with van der Waals surface area (Å²) in [5.41, 5.74) is 8.50. The summed E-state index contributed by atoms with van der Waals surface area (Å²) in [6.07, 6.45) is 3.57. The molecule has 0 aromatic heterocycles. The molecule has 3 N–H and O–H groups in total. The van der Waals surface area contributed by atoms with Crippen LogP contribution in [0, 0.1) is 5.92 Å². The van der Waals surface area contributed by atoms with Gasteiger partial charge in [-0.05, 0) is 42.7 Å². The molecule has 1 aromatic rings. The third-order valence-electron chi connectivity index (χ3n) is 5.04. The predicted octanol–water partition coefficient (Wildman–Crippen LogP) is 1.62. The summed E-state index contributed by atoms with van der Waals surface area (Å²) in [5, 5.41) is 10.9. The lowest BCUT2D eigenvalue weighted by atomic mass is 9.70. The van der Waals surface area contributed by atoms with E-state index in [1.165, 1.54) is 11.1 Å². The maximum Gasteiger partial charge on any atom is 0.0678 e. The highest BCUT2D eigenvalue weighted by Crippen LogP contribution is 2.44. The third-order valence-corrected chi connectivity index (χ3v) is 5.04. The number of aliphatic hydroxyl groups excluding tert-OH is 1. The molecule has 1 saturated heterocycles. The number of nitrogens with two attached hydrogens (primary N) is 1. The minimum absolute atomic E-state index is 0.238. The topological polar surface area (TPSA) is 55.5 Å². The van der Waals surface area contributed by atoms with Crippen molar-refractivity contribution >= 4 is 0 Å². The molecule has 0 saturated carbocycles. The Morgan fingerprint density at radius 2 is 2.05 bits per heavy atom. The summed E-state index contributed by atoms with van der Waals surface area (Å²) < 4.78 is 5.41. The van der Waals surface area contributed by atoms with E-state index in [1.807, 2.05) is 0 Å². The van der Waals surface area contributed by atoms with Gasteiger partial charge in [-0.1, -0.05) is 24.3 Å². The van der Waals surface area contributed by atoms with E-state index < -0.39 is 0 Å². The lowest BCUT2D eigenvalue weighted by Crippen LogP contribution is -2.49. The number of hydrogen-bond acceptors (Lipinski definition) is 3. The molecule has 1 aliphatic heterocycles. The van der Waals surface area contributed by atoms with E-state index in [4.69, 9.17) is 10.5 Å². The molecule has 0 radical (unpaired) electrons. The molecule has 1 fully saturated rings. The van der Waals surface area contributed by atoms with Crippen LogP contribution in [-0.2, 0) is 16.6 Å². The van der Waals surface area contributed by atoms with E-state index in [9.17, 15) is 5.11 Å². The fraction of sp³-hybridized carbons (Fsp3) is 0.625. The van der Waals surface area contributed by atoms with Gasteiger partial charge in [0.05, 0.1) is 6.10 Å². The summed E-state index contributed by atoms with van der Waals surface area (Å²) in [4.78, 5) is 0. The van der Waals surface area contributed by atoms with Crippen LogP contribution < -0.4 is 5.73 Å². The summed E-state index contributed by atoms with van der Waals surface area (Å²) in [7, 11) is 0. The van der Waals surface area contributed by atoms with Crippen LogP contribution in [0.2, 0.25) is 0 Å². The molecule has 2 unspecified atom stereocenters. The summed E-state index contributed by atoms with van der Waals surface area (Å²) in [6.45, 7) is 2.07. The first kappa shape index (κ1) is 13.1. The quantitative estimate of drug-likeness (QED) is 0.869. The average Bonchev–Trinajstić information content (AvgIpc) is 2.87. The second kappa shape index (κ2) is 5.23. The first-order valence-electron chi connectivity index (χ1n) is 7.32. The predicted molar refractivity (Wildman–Crippen MR) is 75.0 cm³/mol. The first-order valence-corrected chi connectivity index (χ1v) is 7.32. The number of rotatable bonds is 3. The van der Waals surface area contributed by atoms with Gasteiger partial charge in [0.2, 0.25) is 0 Å². The molecule has 3 rings (SSSR count). The molecule has 0 bridgehead atoms. The normalized spacial score (nSPS) is 29.2. The van der Waals surface area contributed by atoms with Crippen molar-refractivity contribution in [3.63, 3.8) is 0 Å². The van der Waals surface area contributed by atoms with Gasteiger partial charge in [0.1, 0.15) is 0 Å². The van der Waals surface area contributed by atoms with Gasteiger partial charge >= 0.3 is 0 Å². The van der Waals surface area contributed by atoms with E-state index in [2.05, 4.69) is 24.3 Å². The van der Waals surface area contributed by atoms with Crippen LogP contribution >= 0.6 is 0 Å². The lowest BCUT2D eigenvalue weighted by Gasteiger charge is -2.40. The van der Waals surface area contributed by atoms with Crippen molar-refractivity contribution in [2.24, 2.45) is 11.7 Å². The highest BCUT2D eigenvalue weighted by atomic mass is 16.5. The molecule has 104 valence electrons. The molecule has 0 amide bonds. The Morgan fingerprint density at radius 1 is 1.32 bits per heavy atom. The SMILES string of the molecule is NCC1(C(O)C2CCOCC2)CCc2ccccc21. The van der Waals surface area contributed by atoms with Gasteiger partial charge in [-0.15, -0.1) is 0 Å². The van der Waals surface area contributed by atoms with Crippen molar-refractivity contribution in [2.75, 3.05) is 19.8 Å². The van der Waals surface area contributed by atoms with Gasteiger partial charge in [-0.3, -0.25) is 0 Å². The maximum absolute atomic E-state index is 10.9. The number of aryl methyl sites for hydroxylation is 1. The molecule has 1 heterocycles. The number of hydrogen-bond donors (Lipinski definition) is 2. The Bertz CT molecular complexity index is 442. The number of fused-ring (bicyclic) bond motifs is 1. The minimum atomic E-state index is -0.343. The van der Waals surface area contributed by atoms with Crippen LogP contribution in [0.4, 0.5) is 0 Å². The molecule has 1 aromatic carbocycles. The fourth-order valence-electron chi connectivity index (χ4n) is 3.84. The summed E-state index contributed by atoms with van der Waals surface area (Å²) >= 11 is 0. The van der Waals surface area contributed by atoms with E-state index >= 15 is 0 Å². The molecule has 2 atom stereocenters. The van der Waals surface area contributed by atoms with Crippen LogP contribution in [0.5, 0.6) is 0 Å². The van der Waals surface area contributed by atoms with Gasteiger partial charge in [0.15, 0.2) is 0 Å². The second-order valence-electron chi connectivity index (χ2n) is 5.91. The van der Waals surface area contributed by atoms with Crippen molar-refractivity contribution in [1.82, 2.24) is 0 Å². The molecule has 0 spiro atoms. The molecule has 1 aliphatic carbocycles. The largest absolute Gasteiger partial charge is 0.392 e. The average molecular weight is 261 g/mol. The van der Waals surface area contributed by atoms with Crippen molar-refractivity contribution in [3.05, 3.63) is 35.4 Å². The number of ether oxygens (including phenoxy) is 1. The third kappa shape index (κ3) is 2.10. The van der Waals surface area contributed by atoms with Gasteiger partial charge in [-0.2, -0.15) is 0 Å². The Labute approximate surface area is 114 Å². The summed E-state index contributed by atoms with van der Waals surface area (Å²) in [5.74, 6) is 0.323. The van der Waals surface area contributed by atoms with Crippen LogP contribution in [0.3, 0.4) is 0 Å². The van der Waals surface area contributed by atoms with Crippen molar-refractivity contribution in [1.29, 1.82) is 0 Å². The van der Waals surface area contributed by atoms with Gasteiger partial charge in [0, 0.05) is 25.2 Å². The Kier molecular flexibility index (Phi) is 3.61. The Balaban J connectivity index is 1.91. The van der Waals surface area contributed by atoms with Crippen molar-refractivity contribution < 1.29 is 9.84 Å². The van der Waals surface area contributed by atoms with Crippen molar-refractivity contribution in [2.45, 2.75) is 37.2 Å². The highest BCUT2D eigenvalue weighted by Gasteiger charge is 2.46. The van der Waals surface area contributed by atoms with Crippen LogP contribution in [0.1, 0.15) is 30.4 Å². The second-order valence-corrected chi connectivity index (χ2v) is 5.91. The van der Waals surface area contributed by atoms with Gasteiger partial charge in [0.25, 0.3) is 0 Å². The molecule has 3 heteroatoms. The van der Waals surface area contributed by atoms with Gasteiger partial charge in [-0.25, -0.2) is 0 Å². The molecule has 2 aliphatic rings. The van der Waals surface area contributed by atoms with Crippen LogP contribution in [0.15, 0.2) is 24.3 Å². The zero-order chi connectivity index (χ0) is 13.3. The Morgan fingerprint density at radius 3 is 2.79 bits per heavy atom. The lowest BCUT2D eigenvalue weighted by molar-refractivity contribution is -0.0274. The molecule has 3 nitrogen and oxygen atoms in total. The van der Waals surface area contributed by atoms with E-state index in [0.717, 1.165) is 38.9 Å². The maximum atomic E-state index is 10.9. The van der Waals surface area contributed by atoms with Crippen molar-refractivity contribution in [3.8, 4) is 0 Å². The highest BCUT2D eigenvalue weighted by molar-refractivity contribution is 5.41. The fourth-order valence-corrected chi connectivity index (χ4v) is 3.84. The van der Waals surface area contributed by atoms with Crippen LogP contribution in [0.25, 0.3) is 0 Å².